The summed E-state index contributed by atoms with van der Waals surface area (Å²) in [6, 6.07) is 16.2. The van der Waals surface area contributed by atoms with Crippen LogP contribution in [0.5, 0.6) is 0 Å². The molecule has 188 valence electrons. The molecule has 0 bridgehead atoms. The number of nitrogens with one attached hydrogen (secondary N) is 2. The van der Waals surface area contributed by atoms with Crippen LogP contribution < -0.4 is 10.6 Å². The number of alkyl carbamates (subject to hydrolysis) is 1. The van der Waals surface area contributed by atoms with Crippen LogP contribution >= 0.6 is 0 Å². The van der Waals surface area contributed by atoms with Crippen molar-refractivity contribution in [1.82, 2.24) is 10.6 Å². The summed E-state index contributed by atoms with van der Waals surface area (Å²) in [7, 11) is 0. The van der Waals surface area contributed by atoms with Gasteiger partial charge in [-0.1, -0.05) is 62.4 Å². The van der Waals surface area contributed by atoms with Crippen molar-refractivity contribution < 1.29 is 24.2 Å². The van der Waals surface area contributed by atoms with Crippen molar-refractivity contribution in [2.24, 2.45) is 11.8 Å². The Morgan fingerprint density at radius 3 is 2.09 bits per heavy atom. The first-order valence-corrected chi connectivity index (χ1v) is 12.2. The molecule has 3 rings (SSSR count). The van der Waals surface area contributed by atoms with E-state index >= 15 is 0 Å². The SMILES string of the molecule is CC(C)C(CCNC(=O)C(C)(C)NC(=O)OCC1c2ccccc2-c2ccccc21)CCC(=O)O. The Morgan fingerprint density at radius 1 is 0.971 bits per heavy atom. The zero-order valence-corrected chi connectivity index (χ0v) is 21.0. The molecule has 3 N–H and O–H groups in total. The van der Waals surface area contributed by atoms with E-state index in [4.69, 9.17) is 9.84 Å². The Balaban J connectivity index is 1.51. The number of aliphatic carboxylic acids is 1. The number of amides is 2. The lowest BCUT2D eigenvalue weighted by molar-refractivity contribution is -0.137. The van der Waals surface area contributed by atoms with Gasteiger partial charge in [-0.05, 0) is 60.8 Å². The molecule has 35 heavy (non-hydrogen) atoms. The minimum atomic E-state index is -1.16. The Hall–Kier alpha value is -3.35. The lowest BCUT2D eigenvalue weighted by Gasteiger charge is -2.26. The van der Waals surface area contributed by atoms with Gasteiger partial charge in [0.15, 0.2) is 0 Å². The van der Waals surface area contributed by atoms with E-state index in [-0.39, 0.29) is 30.8 Å². The summed E-state index contributed by atoms with van der Waals surface area (Å²) in [6.07, 6.45) is 0.724. The maximum Gasteiger partial charge on any atom is 0.408 e. The van der Waals surface area contributed by atoms with Crippen LogP contribution in [0.3, 0.4) is 0 Å². The second kappa shape index (κ2) is 11.4. The second-order valence-electron chi connectivity index (χ2n) is 10.1. The number of rotatable bonds is 11. The predicted octanol–water partition coefficient (Wildman–Crippen LogP) is 4.95. The highest BCUT2D eigenvalue weighted by Crippen LogP contribution is 2.44. The molecule has 0 spiro atoms. The van der Waals surface area contributed by atoms with Gasteiger partial charge < -0.3 is 20.5 Å². The van der Waals surface area contributed by atoms with E-state index in [1.54, 1.807) is 13.8 Å². The Bertz CT molecular complexity index is 1020. The van der Waals surface area contributed by atoms with E-state index in [1.165, 1.54) is 0 Å². The van der Waals surface area contributed by atoms with Gasteiger partial charge in [0.05, 0.1) is 0 Å². The first-order chi connectivity index (χ1) is 16.6. The number of hydrogen-bond donors (Lipinski definition) is 3. The van der Waals surface area contributed by atoms with Crippen LogP contribution in [0.15, 0.2) is 48.5 Å². The largest absolute Gasteiger partial charge is 0.481 e. The summed E-state index contributed by atoms with van der Waals surface area (Å²) >= 11 is 0. The fourth-order valence-corrected chi connectivity index (χ4v) is 4.66. The number of ether oxygens (including phenoxy) is 1. The molecular formula is C28H36N2O5. The third-order valence-electron chi connectivity index (χ3n) is 6.80. The lowest BCUT2D eigenvalue weighted by atomic mass is 9.88. The van der Waals surface area contributed by atoms with Gasteiger partial charge in [-0.15, -0.1) is 0 Å². The van der Waals surface area contributed by atoms with Crippen molar-refractivity contribution in [2.75, 3.05) is 13.2 Å². The zero-order chi connectivity index (χ0) is 25.6. The molecule has 1 aliphatic rings. The van der Waals surface area contributed by atoms with Gasteiger partial charge in [-0.2, -0.15) is 0 Å². The molecule has 0 aromatic heterocycles. The average molecular weight is 481 g/mol. The molecule has 0 fully saturated rings. The molecule has 7 nitrogen and oxygen atoms in total. The average Bonchev–Trinajstić information content (AvgIpc) is 3.12. The number of fused-ring (bicyclic) bond motifs is 3. The summed E-state index contributed by atoms with van der Waals surface area (Å²) in [5, 5.41) is 14.5. The van der Waals surface area contributed by atoms with Gasteiger partial charge in [-0.3, -0.25) is 9.59 Å². The van der Waals surface area contributed by atoms with E-state index in [2.05, 4.69) is 48.7 Å². The summed E-state index contributed by atoms with van der Waals surface area (Å²) in [5.41, 5.74) is 3.40. The minimum absolute atomic E-state index is 0.0520. The Morgan fingerprint density at radius 2 is 1.54 bits per heavy atom. The fourth-order valence-electron chi connectivity index (χ4n) is 4.66. The zero-order valence-electron chi connectivity index (χ0n) is 21.0. The minimum Gasteiger partial charge on any atom is -0.481 e. The molecular weight excluding hydrogens is 444 g/mol. The predicted molar refractivity (Wildman–Crippen MR) is 135 cm³/mol. The normalized spacial score (nSPS) is 13.6. The molecule has 2 aromatic carbocycles. The van der Waals surface area contributed by atoms with Crippen LogP contribution in [0.2, 0.25) is 0 Å². The molecule has 1 unspecified atom stereocenters. The Labute approximate surface area is 207 Å². The standard InChI is InChI=1S/C28H36N2O5/c1-18(2)19(13-14-25(31)32)15-16-29-26(33)28(3,4)30-27(34)35-17-24-22-11-7-5-9-20(22)21-10-6-8-12-23(21)24/h5-12,18-19,24H,13-17H2,1-4H3,(H,29,33)(H,30,34)(H,31,32). The van der Waals surface area contributed by atoms with E-state index in [0.717, 1.165) is 22.3 Å². The van der Waals surface area contributed by atoms with Crippen molar-refractivity contribution in [1.29, 1.82) is 0 Å². The van der Waals surface area contributed by atoms with Crippen LogP contribution in [-0.2, 0) is 14.3 Å². The van der Waals surface area contributed by atoms with Gasteiger partial charge in [0, 0.05) is 18.9 Å². The van der Waals surface area contributed by atoms with Crippen LogP contribution in [0.4, 0.5) is 4.79 Å². The molecule has 1 atom stereocenters. The molecule has 0 heterocycles. The van der Waals surface area contributed by atoms with Gasteiger partial charge in [0.1, 0.15) is 12.1 Å². The number of hydrogen-bond acceptors (Lipinski definition) is 4. The number of carboxylic acids is 1. The highest BCUT2D eigenvalue weighted by Gasteiger charge is 2.32. The van der Waals surface area contributed by atoms with Crippen molar-refractivity contribution in [3.05, 3.63) is 59.7 Å². The van der Waals surface area contributed by atoms with E-state index in [0.29, 0.717) is 25.3 Å². The number of carbonyl (C=O) groups is 3. The first kappa shape index (κ1) is 26.3. The number of carbonyl (C=O) groups excluding carboxylic acids is 2. The van der Waals surface area contributed by atoms with Crippen LogP contribution in [-0.4, -0.2) is 41.8 Å². The van der Waals surface area contributed by atoms with Gasteiger partial charge in [-0.25, -0.2) is 4.79 Å². The molecule has 1 aliphatic carbocycles. The number of benzene rings is 2. The Kier molecular flexibility index (Phi) is 8.54. The lowest BCUT2D eigenvalue weighted by Crippen LogP contribution is -2.55. The van der Waals surface area contributed by atoms with Crippen LogP contribution in [0.25, 0.3) is 11.1 Å². The van der Waals surface area contributed by atoms with E-state index in [9.17, 15) is 14.4 Å². The van der Waals surface area contributed by atoms with Crippen molar-refractivity contribution in [2.45, 2.75) is 58.4 Å². The third kappa shape index (κ3) is 6.62. The van der Waals surface area contributed by atoms with Crippen LogP contribution in [0.1, 0.15) is 64.0 Å². The molecule has 2 amide bonds. The molecule has 0 saturated heterocycles. The monoisotopic (exact) mass is 480 g/mol. The second-order valence-corrected chi connectivity index (χ2v) is 10.1. The van der Waals surface area contributed by atoms with Crippen molar-refractivity contribution in [3.8, 4) is 11.1 Å². The number of carboxylic acid groups (broad SMARTS) is 1. The highest BCUT2D eigenvalue weighted by molar-refractivity contribution is 5.89. The highest BCUT2D eigenvalue weighted by atomic mass is 16.5. The van der Waals surface area contributed by atoms with E-state index in [1.807, 2.05) is 24.3 Å². The van der Waals surface area contributed by atoms with Crippen LogP contribution in [0, 0.1) is 11.8 Å². The van der Waals surface area contributed by atoms with Gasteiger partial charge in [0.25, 0.3) is 0 Å². The first-order valence-electron chi connectivity index (χ1n) is 12.2. The maximum absolute atomic E-state index is 12.7. The maximum atomic E-state index is 12.7. The van der Waals surface area contributed by atoms with Gasteiger partial charge in [0.2, 0.25) is 5.91 Å². The topological polar surface area (TPSA) is 105 Å². The molecule has 0 aliphatic heterocycles. The molecule has 7 heteroatoms. The molecule has 0 saturated carbocycles. The van der Waals surface area contributed by atoms with Crippen molar-refractivity contribution >= 4 is 18.0 Å². The molecule has 0 radical (unpaired) electrons. The van der Waals surface area contributed by atoms with Gasteiger partial charge >= 0.3 is 12.1 Å². The third-order valence-corrected chi connectivity index (χ3v) is 6.80. The summed E-state index contributed by atoms with van der Waals surface area (Å²) in [5.74, 6) is -0.661. The quantitative estimate of drug-likeness (QED) is 0.422. The summed E-state index contributed by atoms with van der Waals surface area (Å²) in [4.78, 5) is 36.2. The fraction of sp³-hybridized carbons (Fsp3) is 0.464. The smallest absolute Gasteiger partial charge is 0.408 e. The molecule has 2 aromatic rings. The summed E-state index contributed by atoms with van der Waals surface area (Å²) in [6.45, 7) is 7.96. The van der Waals surface area contributed by atoms with Crippen molar-refractivity contribution in [3.63, 3.8) is 0 Å². The van der Waals surface area contributed by atoms with E-state index < -0.39 is 17.6 Å². The summed E-state index contributed by atoms with van der Waals surface area (Å²) < 4.78 is 5.57.